The topological polar surface area (TPSA) is 138 Å². The fourth-order valence-electron chi connectivity index (χ4n) is 4.96. The highest BCUT2D eigenvalue weighted by Gasteiger charge is 2.49. The lowest BCUT2D eigenvalue weighted by molar-refractivity contribution is -0.208. The van der Waals surface area contributed by atoms with Gasteiger partial charge in [0.1, 0.15) is 0 Å². The average Bonchev–Trinajstić information content (AvgIpc) is 3.19. The first-order valence-corrected chi connectivity index (χ1v) is 14.8. The predicted octanol–water partition coefficient (Wildman–Crippen LogP) is 6.57. The van der Waals surface area contributed by atoms with Crippen LogP contribution in [-0.4, -0.2) is 45.0 Å². The van der Waals surface area contributed by atoms with Gasteiger partial charge in [0.2, 0.25) is 0 Å². The zero-order chi connectivity index (χ0) is 28.2. The van der Waals surface area contributed by atoms with E-state index < -0.39 is 35.1 Å². The largest absolute Gasteiger partial charge is 0.481 e. The summed E-state index contributed by atoms with van der Waals surface area (Å²) in [6.45, 7) is 2.18. The Kier molecular flexibility index (Phi) is 17.3. The van der Waals surface area contributed by atoms with Crippen LogP contribution in [0.15, 0.2) is 0 Å². The molecule has 0 radical (unpaired) electrons. The van der Waals surface area contributed by atoms with Crippen LogP contribution in [0.5, 0.6) is 0 Å². The molecular formula is C29H49NO8. The van der Waals surface area contributed by atoms with E-state index in [4.69, 9.17) is 9.94 Å². The second-order valence-corrected chi connectivity index (χ2v) is 10.6. The maximum Gasteiger partial charge on any atom is 0.350 e. The molecule has 9 heteroatoms. The third kappa shape index (κ3) is 12.9. The number of carbonyl (C=O) groups is 5. The predicted molar refractivity (Wildman–Crippen MR) is 143 cm³/mol. The highest BCUT2D eigenvalue weighted by atomic mass is 16.7. The van der Waals surface area contributed by atoms with Crippen molar-refractivity contribution in [2.75, 3.05) is 0 Å². The highest BCUT2D eigenvalue weighted by Crippen LogP contribution is 2.35. The van der Waals surface area contributed by atoms with E-state index in [1.807, 2.05) is 0 Å². The molecule has 0 aromatic heterocycles. The molecule has 9 nitrogen and oxygen atoms in total. The van der Waals surface area contributed by atoms with Crippen LogP contribution in [0.1, 0.15) is 148 Å². The number of amides is 2. The van der Waals surface area contributed by atoms with Crippen molar-refractivity contribution in [2.45, 2.75) is 148 Å². The third-order valence-electron chi connectivity index (χ3n) is 7.43. The van der Waals surface area contributed by atoms with Crippen LogP contribution in [-0.2, 0) is 28.8 Å². The Balaban J connectivity index is 2.58. The summed E-state index contributed by atoms with van der Waals surface area (Å²) < 4.78 is 0. The smallest absolute Gasteiger partial charge is 0.350 e. The monoisotopic (exact) mass is 539 g/mol. The molecule has 1 aliphatic rings. The maximum absolute atomic E-state index is 13.1. The van der Waals surface area contributed by atoms with Gasteiger partial charge in [0.15, 0.2) is 5.41 Å². The van der Waals surface area contributed by atoms with Gasteiger partial charge in [-0.25, -0.2) is 4.79 Å². The average molecular weight is 540 g/mol. The molecule has 1 saturated heterocycles. The Morgan fingerprint density at radius 3 is 1.47 bits per heavy atom. The van der Waals surface area contributed by atoms with Crippen molar-refractivity contribution < 1.29 is 39.0 Å². The highest BCUT2D eigenvalue weighted by molar-refractivity contribution is 6.04. The number of imide groups is 1. The van der Waals surface area contributed by atoms with Gasteiger partial charge in [-0.2, -0.15) is 0 Å². The molecule has 0 aliphatic carbocycles. The number of rotatable bonds is 24. The molecule has 1 atom stereocenters. The molecule has 0 aromatic carbocycles. The van der Waals surface area contributed by atoms with Gasteiger partial charge >= 0.3 is 17.9 Å². The Morgan fingerprint density at radius 1 is 0.684 bits per heavy atom. The Morgan fingerprint density at radius 2 is 1.08 bits per heavy atom. The summed E-state index contributed by atoms with van der Waals surface area (Å²) in [5, 5.41) is 19.3. The van der Waals surface area contributed by atoms with Crippen molar-refractivity contribution in [1.82, 2.24) is 5.06 Å². The van der Waals surface area contributed by atoms with E-state index >= 15 is 0 Å². The van der Waals surface area contributed by atoms with Gasteiger partial charge in [-0.15, -0.1) is 5.06 Å². The van der Waals surface area contributed by atoms with Crippen LogP contribution in [0.25, 0.3) is 0 Å². The van der Waals surface area contributed by atoms with Gasteiger partial charge in [-0.05, 0) is 19.3 Å². The molecule has 38 heavy (non-hydrogen) atoms. The van der Waals surface area contributed by atoms with Crippen molar-refractivity contribution in [3.63, 3.8) is 0 Å². The first-order valence-electron chi connectivity index (χ1n) is 14.8. The van der Waals surface area contributed by atoms with E-state index in [1.54, 1.807) is 0 Å². The molecule has 1 heterocycles. The van der Waals surface area contributed by atoms with Crippen molar-refractivity contribution >= 4 is 29.7 Å². The van der Waals surface area contributed by atoms with Crippen LogP contribution >= 0.6 is 0 Å². The van der Waals surface area contributed by atoms with Crippen LogP contribution < -0.4 is 0 Å². The minimum absolute atomic E-state index is 0.0409. The number of aliphatic carboxylic acids is 2. The van der Waals surface area contributed by atoms with Gasteiger partial charge in [0.25, 0.3) is 11.8 Å². The molecule has 1 fully saturated rings. The fraction of sp³-hybridized carbons (Fsp3) is 0.828. The van der Waals surface area contributed by atoms with E-state index in [0.29, 0.717) is 24.3 Å². The summed E-state index contributed by atoms with van der Waals surface area (Å²) in [7, 11) is 0. The Bertz CT molecular complexity index is 737. The van der Waals surface area contributed by atoms with Gasteiger partial charge in [0, 0.05) is 19.3 Å². The number of unbranched alkanes of at least 4 members (excludes halogenated alkanes) is 15. The number of hydroxylamine groups is 2. The molecule has 2 N–H and O–H groups in total. The van der Waals surface area contributed by atoms with Crippen molar-refractivity contribution in [3.05, 3.63) is 0 Å². The van der Waals surface area contributed by atoms with Gasteiger partial charge < -0.3 is 15.1 Å². The minimum Gasteiger partial charge on any atom is -0.481 e. The molecule has 0 aromatic rings. The lowest BCUT2D eigenvalue weighted by Crippen LogP contribution is -2.45. The first kappa shape index (κ1) is 33.6. The summed E-state index contributed by atoms with van der Waals surface area (Å²) in [4.78, 5) is 65.2. The third-order valence-corrected chi connectivity index (χ3v) is 7.43. The SMILES string of the molecule is CCCCCCCCCCC[C@](CCCCCCCCCCC(=O)O)(C(=O)O)C(=O)ON1C(=O)CCC1=O. The number of carboxylic acids is 2. The van der Waals surface area contributed by atoms with E-state index in [9.17, 15) is 29.1 Å². The van der Waals surface area contributed by atoms with Crippen LogP contribution in [0.2, 0.25) is 0 Å². The van der Waals surface area contributed by atoms with Gasteiger partial charge in [-0.1, -0.05) is 110 Å². The molecule has 0 saturated carbocycles. The summed E-state index contributed by atoms with van der Waals surface area (Å²) in [6, 6.07) is 0. The second kappa shape index (κ2) is 19.6. The standard InChI is InChI=1S/C29H49NO8/c1-2-3-4-5-6-8-11-14-17-22-29(27(35)36,28(37)38-30-24(31)20-21-25(30)32)23-18-15-12-9-7-10-13-16-19-26(33)34/h2-23H2,1H3,(H,33,34)(H,35,36)/t29-/m0/s1. The molecule has 1 rings (SSSR count). The number of hydrogen-bond donors (Lipinski definition) is 2. The van der Waals surface area contributed by atoms with E-state index in [1.165, 1.54) is 25.7 Å². The molecule has 0 bridgehead atoms. The summed E-state index contributed by atoms with van der Waals surface area (Å²) in [6.07, 6.45) is 16.5. The number of nitrogens with zero attached hydrogens (tertiary/aromatic N) is 1. The van der Waals surface area contributed by atoms with Crippen LogP contribution in [0.3, 0.4) is 0 Å². The summed E-state index contributed by atoms with van der Waals surface area (Å²) in [5.74, 6) is -4.29. The van der Waals surface area contributed by atoms with E-state index in [0.717, 1.165) is 64.2 Å². The molecule has 218 valence electrons. The molecule has 2 amide bonds. The number of hydrogen-bond acceptors (Lipinski definition) is 6. The Hall–Kier alpha value is -2.45. The number of carboxylic acid groups (broad SMARTS) is 2. The molecule has 0 unspecified atom stereocenters. The second-order valence-electron chi connectivity index (χ2n) is 10.6. The maximum atomic E-state index is 13.1. The normalized spacial score (nSPS) is 15.0. The van der Waals surface area contributed by atoms with E-state index in [-0.39, 0.29) is 32.1 Å². The quantitative estimate of drug-likeness (QED) is 0.0797. The fourth-order valence-corrected chi connectivity index (χ4v) is 4.96. The number of carbonyl (C=O) groups excluding carboxylic acids is 3. The lowest BCUT2D eigenvalue weighted by atomic mass is 9.77. The van der Waals surface area contributed by atoms with Crippen molar-refractivity contribution in [2.24, 2.45) is 5.41 Å². The van der Waals surface area contributed by atoms with E-state index in [2.05, 4.69) is 6.92 Å². The van der Waals surface area contributed by atoms with Gasteiger partial charge in [-0.3, -0.25) is 19.2 Å². The zero-order valence-electron chi connectivity index (χ0n) is 23.3. The first-order chi connectivity index (χ1) is 18.2. The molecule has 0 spiro atoms. The zero-order valence-corrected chi connectivity index (χ0v) is 23.3. The van der Waals surface area contributed by atoms with Crippen LogP contribution in [0.4, 0.5) is 0 Å². The lowest BCUT2D eigenvalue weighted by Gasteiger charge is -2.28. The minimum atomic E-state index is -1.78. The van der Waals surface area contributed by atoms with Gasteiger partial charge in [0.05, 0.1) is 0 Å². The van der Waals surface area contributed by atoms with Crippen molar-refractivity contribution in [3.8, 4) is 0 Å². The van der Waals surface area contributed by atoms with Crippen molar-refractivity contribution in [1.29, 1.82) is 0 Å². The summed E-state index contributed by atoms with van der Waals surface area (Å²) >= 11 is 0. The molecule has 1 aliphatic heterocycles. The summed E-state index contributed by atoms with van der Waals surface area (Å²) in [5.41, 5.74) is -1.78. The van der Waals surface area contributed by atoms with Crippen LogP contribution in [0, 0.1) is 5.41 Å². The molecular weight excluding hydrogens is 490 g/mol. The Labute approximate surface area is 227 Å².